The Morgan fingerprint density at radius 2 is 1.50 bits per heavy atom. The monoisotopic (exact) mass is 226 g/mol. The molecule has 0 fully saturated rings. The van der Waals surface area contributed by atoms with E-state index in [1.165, 1.54) is 12.8 Å². The van der Waals surface area contributed by atoms with Gasteiger partial charge in [0, 0.05) is 0 Å². The Kier molecular flexibility index (Phi) is 7.08. The Morgan fingerprint density at radius 1 is 1.21 bits per heavy atom. The van der Waals surface area contributed by atoms with Gasteiger partial charge in [0.2, 0.25) is 0 Å². The maximum absolute atomic E-state index is 10.4. The molecule has 3 N–H and O–H groups in total. The molecule has 86 valence electrons. The summed E-state index contributed by atoms with van der Waals surface area (Å²) in [4.78, 5) is 27.1. The third-order valence-electron chi connectivity index (χ3n) is 1.75. The predicted octanol–water partition coefficient (Wildman–Crippen LogP) is 1.83. The van der Waals surface area contributed by atoms with Crippen LogP contribution >= 0.6 is 7.60 Å². The van der Waals surface area contributed by atoms with Crippen LogP contribution in [0.25, 0.3) is 0 Å². The Balaban J connectivity index is 0. The number of aliphatic carboxylic acids is 1. The summed E-state index contributed by atoms with van der Waals surface area (Å²) in [6.45, 7) is 6.33. The van der Waals surface area contributed by atoms with Gasteiger partial charge < -0.3 is 14.9 Å². The number of hydrogen-bond donors (Lipinski definition) is 3. The number of hydrogen-bond acceptors (Lipinski definition) is 2. The molecular weight excluding hydrogens is 207 g/mol. The fraction of sp³-hybridized carbons (Fsp3) is 0.875. The lowest BCUT2D eigenvalue weighted by Crippen LogP contribution is -2.30. The summed E-state index contributed by atoms with van der Waals surface area (Å²) in [6, 6.07) is 0. The third kappa shape index (κ3) is 5.37. The minimum absolute atomic E-state index is 0.982. The molecule has 0 spiro atoms. The van der Waals surface area contributed by atoms with Gasteiger partial charge in [0.1, 0.15) is 0 Å². The topological polar surface area (TPSA) is 94.8 Å². The van der Waals surface area contributed by atoms with Crippen LogP contribution in [0.15, 0.2) is 0 Å². The molecule has 0 heterocycles. The summed E-state index contributed by atoms with van der Waals surface area (Å²) in [5, 5.41) is 6.31. The molecule has 0 aliphatic carbocycles. The van der Waals surface area contributed by atoms with Crippen LogP contribution in [-0.2, 0) is 9.36 Å². The first-order valence-electron chi connectivity index (χ1n) is 4.40. The maximum atomic E-state index is 10.4. The van der Waals surface area contributed by atoms with Gasteiger partial charge in [-0.05, 0) is 13.8 Å². The van der Waals surface area contributed by atoms with E-state index in [0.29, 0.717) is 0 Å². The van der Waals surface area contributed by atoms with Crippen molar-refractivity contribution in [2.75, 3.05) is 0 Å². The summed E-state index contributed by atoms with van der Waals surface area (Å²) < 4.78 is 10.4. The van der Waals surface area contributed by atoms with E-state index in [9.17, 15) is 9.36 Å². The van der Waals surface area contributed by atoms with E-state index in [1.807, 2.05) is 0 Å². The van der Waals surface area contributed by atoms with E-state index in [1.54, 1.807) is 0 Å². The molecule has 0 aliphatic heterocycles. The molecule has 0 aromatic rings. The Labute approximate surface area is 84.3 Å². The average molecular weight is 226 g/mol. The van der Waals surface area contributed by atoms with E-state index in [4.69, 9.17) is 14.9 Å². The molecule has 0 atom stereocenters. The fourth-order valence-electron chi connectivity index (χ4n) is 0.125. The molecule has 0 aromatic heterocycles. The molecule has 0 aromatic carbocycles. The highest BCUT2D eigenvalue weighted by molar-refractivity contribution is 7.54. The van der Waals surface area contributed by atoms with Gasteiger partial charge in [-0.3, -0.25) is 9.36 Å². The summed E-state index contributed by atoms with van der Waals surface area (Å²) in [5.74, 6) is -1.50. The van der Waals surface area contributed by atoms with Crippen molar-refractivity contribution in [3.8, 4) is 0 Å². The van der Waals surface area contributed by atoms with E-state index in [0.717, 1.165) is 13.8 Å². The maximum Gasteiger partial charge on any atom is 0.342 e. The average Bonchev–Trinajstić information content (AvgIpc) is 2.02. The zero-order valence-corrected chi connectivity index (χ0v) is 9.91. The first-order chi connectivity index (χ1) is 6.11. The Bertz CT molecular complexity index is 216. The van der Waals surface area contributed by atoms with Crippen molar-refractivity contribution in [2.45, 2.75) is 45.7 Å². The van der Waals surface area contributed by atoms with Gasteiger partial charge in [-0.15, -0.1) is 0 Å². The first-order valence-corrected chi connectivity index (χ1v) is 6.01. The summed E-state index contributed by atoms with van der Waals surface area (Å²) in [5.41, 5.74) is 0. The molecule has 0 rings (SSSR count). The van der Waals surface area contributed by atoms with Crippen LogP contribution in [0.4, 0.5) is 0 Å². The molecule has 0 bridgehead atoms. The lowest BCUT2D eigenvalue weighted by Gasteiger charge is -2.19. The van der Waals surface area contributed by atoms with Crippen LogP contribution in [0.3, 0.4) is 0 Å². The number of carboxylic acid groups (broad SMARTS) is 1. The van der Waals surface area contributed by atoms with Crippen molar-refractivity contribution in [1.29, 1.82) is 0 Å². The minimum Gasteiger partial charge on any atom is -0.480 e. The molecule has 0 aliphatic rings. The molecule has 0 radical (unpaired) electrons. The molecule has 5 nitrogen and oxygen atoms in total. The summed E-state index contributed by atoms with van der Waals surface area (Å²) in [6.07, 6.45) is 2.64. The van der Waals surface area contributed by atoms with Crippen molar-refractivity contribution >= 4 is 13.6 Å². The normalized spacial score (nSPS) is 11.6. The van der Waals surface area contributed by atoms with Crippen molar-refractivity contribution < 1.29 is 24.3 Å². The Morgan fingerprint density at radius 3 is 1.50 bits per heavy atom. The van der Waals surface area contributed by atoms with E-state index < -0.39 is 18.7 Å². The number of unbranched alkanes of at least 4 members (excludes halogenated alkanes) is 1. The lowest BCUT2D eigenvalue weighted by atomic mass is 10.2. The first kappa shape index (κ1) is 16.1. The van der Waals surface area contributed by atoms with E-state index in [-0.39, 0.29) is 0 Å². The summed E-state index contributed by atoms with van der Waals surface area (Å²) >= 11 is 0. The third-order valence-corrected chi connectivity index (χ3v) is 3.40. The van der Waals surface area contributed by atoms with Gasteiger partial charge in [0.15, 0.2) is 5.16 Å². The quantitative estimate of drug-likeness (QED) is 0.638. The molecule has 14 heavy (non-hydrogen) atoms. The number of carboxylic acids is 1. The fourth-order valence-corrected chi connectivity index (χ4v) is 0.374. The largest absolute Gasteiger partial charge is 0.480 e. The van der Waals surface area contributed by atoms with Crippen molar-refractivity contribution in [2.24, 2.45) is 0 Å². The molecule has 0 amide bonds. The highest BCUT2D eigenvalue weighted by atomic mass is 31.2. The summed E-state index contributed by atoms with van der Waals surface area (Å²) in [7, 11) is -4.52. The second-order valence-corrected chi connectivity index (χ2v) is 5.61. The van der Waals surface area contributed by atoms with Crippen LogP contribution in [0.1, 0.15) is 40.5 Å². The SMILES string of the molecule is CC(C)(C(=O)O)P(=O)(O)O.CCCC. The van der Waals surface area contributed by atoms with Gasteiger partial charge in [-0.1, -0.05) is 26.7 Å². The van der Waals surface area contributed by atoms with Crippen LogP contribution in [0.2, 0.25) is 0 Å². The highest BCUT2D eigenvalue weighted by Gasteiger charge is 2.44. The van der Waals surface area contributed by atoms with Crippen LogP contribution in [0, 0.1) is 0 Å². The van der Waals surface area contributed by atoms with Crippen molar-refractivity contribution in [1.82, 2.24) is 0 Å². The van der Waals surface area contributed by atoms with Gasteiger partial charge in [-0.25, -0.2) is 0 Å². The zero-order chi connectivity index (χ0) is 12.0. The molecule has 0 unspecified atom stereocenters. The highest BCUT2D eigenvalue weighted by Crippen LogP contribution is 2.49. The molecule has 6 heteroatoms. The lowest BCUT2D eigenvalue weighted by molar-refractivity contribution is -0.139. The zero-order valence-electron chi connectivity index (χ0n) is 9.02. The van der Waals surface area contributed by atoms with E-state index >= 15 is 0 Å². The number of carbonyl (C=O) groups is 1. The van der Waals surface area contributed by atoms with Gasteiger partial charge >= 0.3 is 13.6 Å². The second-order valence-electron chi connectivity index (χ2n) is 3.41. The van der Waals surface area contributed by atoms with Crippen molar-refractivity contribution in [3.63, 3.8) is 0 Å². The van der Waals surface area contributed by atoms with Crippen LogP contribution in [-0.4, -0.2) is 26.0 Å². The van der Waals surface area contributed by atoms with Gasteiger partial charge in [-0.2, -0.15) is 0 Å². The predicted molar refractivity (Wildman–Crippen MR) is 54.3 cm³/mol. The second kappa shape index (κ2) is 6.17. The van der Waals surface area contributed by atoms with Crippen molar-refractivity contribution in [3.05, 3.63) is 0 Å². The standard InChI is InChI=1S/C4H9O5P.C4H10/c1-4(2,3(5)6)10(7,8)9;1-3-4-2/h1-2H3,(H,5,6)(H2,7,8,9);3-4H2,1-2H3. The van der Waals surface area contributed by atoms with Gasteiger partial charge in [0.05, 0.1) is 0 Å². The smallest absolute Gasteiger partial charge is 0.342 e. The minimum atomic E-state index is -4.52. The molecule has 0 saturated heterocycles. The molecule has 0 saturated carbocycles. The Hall–Kier alpha value is -0.380. The van der Waals surface area contributed by atoms with E-state index in [2.05, 4.69) is 13.8 Å². The van der Waals surface area contributed by atoms with Crippen LogP contribution < -0.4 is 0 Å². The van der Waals surface area contributed by atoms with Crippen LogP contribution in [0.5, 0.6) is 0 Å². The number of rotatable bonds is 3. The molecular formula is C8H19O5P. The van der Waals surface area contributed by atoms with Gasteiger partial charge in [0.25, 0.3) is 0 Å².